The van der Waals surface area contributed by atoms with Crippen LogP contribution in [0.1, 0.15) is 21.5 Å². The van der Waals surface area contributed by atoms with Gasteiger partial charge in [-0.25, -0.2) is 9.97 Å². The molecule has 34 heavy (non-hydrogen) atoms. The summed E-state index contributed by atoms with van der Waals surface area (Å²) in [7, 11) is 1.61. The van der Waals surface area contributed by atoms with Crippen LogP contribution in [0.4, 0.5) is 5.82 Å². The lowest BCUT2D eigenvalue weighted by molar-refractivity contribution is 0.0953. The summed E-state index contributed by atoms with van der Waals surface area (Å²) in [5.41, 5.74) is 10.6. The van der Waals surface area contributed by atoms with E-state index in [0.717, 1.165) is 11.1 Å². The molecular weight excluding hydrogens is 428 g/mol. The number of nitrogens with two attached hydrogens (primary N) is 1. The summed E-state index contributed by atoms with van der Waals surface area (Å²) in [4.78, 5) is 22.6. The Balaban J connectivity index is 1.59. The van der Waals surface area contributed by atoms with Crippen LogP contribution < -0.4 is 15.8 Å². The Labute approximate surface area is 195 Å². The molecule has 0 unspecified atom stereocenters. The maximum atomic E-state index is 13.2. The molecule has 0 bridgehead atoms. The van der Waals surface area contributed by atoms with E-state index >= 15 is 0 Å². The summed E-state index contributed by atoms with van der Waals surface area (Å²) in [5.74, 6) is 0.530. The van der Waals surface area contributed by atoms with Gasteiger partial charge in [0.05, 0.1) is 24.4 Å². The first-order valence-corrected chi connectivity index (χ1v) is 10.7. The van der Waals surface area contributed by atoms with Gasteiger partial charge in [-0.05, 0) is 35.4 Å². The molecule has 8 nitrogen and oxygen atoms in total. The molecule has 2 aromatic heterocycles. The number of nitrogens with one attached hydrogen (secondary N) is 1. The number of nitrogens with zero attached hydrogens (tertiary/aromatic N) is 4. The monoisotopic (exact) mass is 450 g/mol. The van der Waals surface area contributed by atoms with Gasteiger partial charge in [-0.2, -0.15) is 9.78 Å². The third kappa shape index (κ3) is 4.04. The standard InChI is InChI=1S/C26H22N6O2/c1-34-19-11-7-10-18(14-19)16-29-32-24(27)22(26(33)28-15-17-8-3-2-4-9-17)23-25(32)31-21-13-6-5-12-20(21)30-23/h2-14,16H,15,27H2,1H3,(H,28,33)/b29-16-. The molecule has 168 valence electrons. The first kappa shape index (κ1) is 21.1. The number of benzene rings is 3. The van der Waals surface area contributed by atoms with E-state index in [4.69, 9.17) is 20.4 Å². The number of hydrogen-bond acceptors (Lipinski definition) is 6. The minimum atomic E-state index is -0.341. The van der Waals surface area contributed by atoms with Crippen LogP contribution in [-0.2, 0) is 6.54 Å². The number of aromatic nitrogens is 3. The van der Waals surface area contributed by atoms with Gasteiger partial charge in [-0.3, -0.25) is 4.79 Å². The number of nitrogen functional groups attached to an aromatic ring is 1. The van der Waals surface area contributed by atoms with E-state index in [9.17, 15) is 4.79 Å². The third-order valence-electron chi connectivity index (χ3n) is 5.41. The van der Waals surface area contributed by atoms with Crippen molar-refractivity contribution >= 4 is 40.1 Å². The number of fused-ring (bicyclic) bond motifs is 2. The minimum absolute atomic E-state index is 0.162. The highest BCUT2D eigenvalue weighted by molar-refractivity contribution is 6.10. The van der Waals surface area contributed by atoms with E-state index in [0.29, 0.717) is 34.5 Å². The van der Waals surface area contributed by atoms with Gasteiger partial charge < -0.3 is 15.8 Å². The van der Waals surface area contributed by atoms with Crippen molar-refractivity contribution in [3.05, 3.63) is 95.6 Å². The number of rotatable bonds is 6. The molecule has 2 heterocycles. The Morgan fingerprint density at radius 3 is 2.53 bits per heavy atom. The molecule has 3 N–H and O–H groups in total. The summed E-state index contributed by atoms with van der Waals surface area (Å²) in [6.45, 7) is 0.361. The number of para-hydroxylation sites is 2. The van der Waals surface area contributed by atoms with Gasteiger partial charge in [0, 0.05) is 6.54 Å². The molecule has 3 aromatic carbocycles. The molecule has 0 saturated heterocycles. The van der Waals surface area contributed by atoms with Gasteiger partial charge >= 0.3 is 0 Å². The van der Waals surface area contributed by atoms with E-state index in [1.807, 2.05) is 78.9 Å². The third-order valence-corrected chi connectivity index (χ3v) is 5.41. The number of hydrogen-bond donors (Lipinski definition) is 2. The van der Waals surface area contributed by atoms with Crippen LogP contribution in [0.5, 0.6) is 5.75 Å². The fourth-order valence-electron chi connectivity index (χ4n) is 3.70. The lowest BCUT2D eigenvalue weighted by Crippen LogP contribution is -2.23. The number of methoxy groups -OCH3 is 1. The van der Waals surface area contributed by atoms with Gasteiger partial charge in [-0.15, -0.1) is 0 Å². The Kier molecular flexibility index (Phi) is 5.61. The molecule has 5 rings (SSSR count). The summed E-state index contributed by atoms with van der Waals surface area (Å²) >= 11 is 0. The molecule has 0 radical (unpaired) electrons. The van der Waals surface area contributed by atoms with Crippen molar-refractivity contribution in [3.8, 4) is 5.75 Å². The van der Waals surface area contributed by atoms with Crippen molar-refractivity contribution in [1.82, 2.24) is 20.0 Å². The Hall–Kier alpha value is -4.72. The van der Waals surface area contributed by atoms with Gasteiger partial charge in [-0.1, -0.05) is 54.6 Å². The molecule has 0 fully saturated rings. The van der Waals surface area contributed by atoms with Crippen LogP contribution >= 0.6 is 0 Å². The van der Waals surface area contributed by atoms with E-state index in [1.165, 1.54) is 4.68 Å². The van der Waals surface area contributed by atoms with Crippen LogP contribution in [0.3, 0.4) is 0 Å². The summed E-state index contributed by atoms with van der Waals surface area (Å²) in [6, 6.07) is 24.6. The summed E-state index contributed by atoms with van der Waals surface area (Å²) in [6.07, 6.45) is 1.64. The number of ether oxygens (including phenoxy) is 1. The SMILES string of the molecule is COc1cccc(/C=N\n2c(N)c(C(=O)NCc3ccccc3)c3nc4ccccc4nc32)c1. The average Bonchev–Trinajstić information content (AvgIpc) is 3.15. The predicted molar refractivity (Wildman–Crippen MR) is 133 cm³/mol. The Morgan fingerprint density at radius 2 is 1.76 bits per heavy atom. The maximum absolute atomic E-state index is 13.2. The normalized spacial score (nSPS) is 11.3. The lowest BCUT2D eigenvalue weighted by atomic mass is 10.2. The topological polar surface area (TPSA) is 107 Å². The van der Waals surface area contributed by atoms with Crippen molar-refractivity contribution in [1.29, 1.82) is 0 Å². The number of carbonyl (C=O) groups is 1. The Bertz CT molecular complexity index is 1530. The Morgan fingerprint density at radius 1 is 1.03 bits per heavy atom. The maximum Gasteiger partial charge on any atom is 0.257 e. The zero-order valence-corrected chi connectivity index (χ0v) is 18.5. The smallest absolute Gasteiger partial charge is 0.257 e. The molecule has 0 aliphatic heterocycles. The quantitative estimate of drug-likeness (QED) is 0.381. The number of carbonyl (C=O) groups excluding carboxylic acids is 1. The van der Waals surface area contributed by atoms with Crippen LogP contribution in [0.25, 0.3) is 22.2 Å². The highest BCUT2D eigenvalue weighted by Crippen LogP contribution is 2.28. The van der Waals surface area contributed by atoms with Gasteiger partial charge in [0.25, 0.3) is 5.91 Å². The molecule has 0 aliphatic rings. The molecule has 0 atom stereocenters. The van der Waals surface area contributed by atoms with E-state index in [-0.39, 0.29) is 17.3 Å². The van der Waals surface area contributed by atoms with E-state index in [2.05, 4.69) is 10.4 Å². The van der Waals surface area contributed by atoms with Crippen LogP contribution in [0.15, 0.2) is 84.0 Å². The highest BCUT2D eigenvalue weighted by atomic mass is 16.5. The molecular formula is C26H22N6O2. The van der Waals surface area contributed by atoms with Crippen molar-refractivity contribution in [3.63, 3.8) is 0 Å². The second-order valence-corrected chi connectivity index (χ2v) is 7.65. The molecule has 0 spiro atoms. The minimum Gasteiger partial charge on any atom is -0.497 e. The van der Waals surface area contributed by atoms with Gasteiger partial charge in [0.2, 0.25) is 0 Å². The zero-order chi connectivity index (χ0) is 23.5. The summed E-state index contributed by atoms with van der Waals surface area (Å²) < 4.78 is 6.73. The lowest BCUT2D eigenvalue weighted by Gasteiger charge is -2.05. The largest absolute Gasteiger partial charge is 0.497 e. The predicted octanol–water partition coefficient (Wildman–Crippen LogP) is 3.99. The molecule has 5 aromatic rings. The van der Waals surface area contributed by atoms with Crippen LogP contribution in [0.2, 0.25) is 0 Å². The second-order valence-electron chi connectivity index (χ2n) is 7.65. The summed E-state index contributed by atoms with van der Waals surface area (Å²) in [5, 5.41) is 7.47. The average molecular weight is 451 g/mol. The van der Waals surface area contributed by atoms with Crippen molar-refractivity contribution in [2.75, 3.05) is 12.8 Å². The number of amides is 1. The zero-order valence-electron chi connectivity index (χ0n) is 18.5. The number of anilines is 1. The van der Waals surface area contributed by atoms with E-state index < -0.39 is 0 Å². The second kappa shape index (κ2) is 9.03. The van der Waals surface area contributed by atoms with Crippen molar-refractivity contribution in [2.45, 2.75) is 6.54 Å². The fraction of sp³-hybridized carbons (Fsp3) is 0.0769. The fourth-order valence-corrected chi connectivity index (χ4v) is 3.70. The van der Waals surface area contributed by atoms with Crippen LogP contribution in [0, 0.1) is 0 Å². The molecule has 1 amide bonds. The molecule has 0 saturated carbocycles. The highest BCUT2D eigenvalue weighted by Gasteiger charge is 2.24. The van der Waals surface area contributed by atoms with Crippen molar-refractivity contribution < 1.29 is 9.53 Å². The van der Waals surface area contributed by atoms with Gasteiger partial charge in [0.1, 0.15) is 22.6 Å². The molecule has 0 aliphatic carbocycles. The van der Waals surface area contributed by atoms with Crippen LogP contribution in [-0.4, -0.2) is 33.9 Å². The molecule has 8 heteroatoms. The first-order valence-electron chi connectivity index (χ1n) is 10.7. The van der Waals surface area contributed by atoms with Gasteiger partial charge in [0.15, 0.2) is 5.65 Å². The first-order chi connectivity index (χ1) is 16.6. The van der Waals surface area contributed by atoms with E-state index in [1.54, 1.807) is 13.3 Å². The van der Waals surface area contributed by atoms with Crippen molar-refractivity contribution in [2.24, 2.45) is 5.10 Å².